The van der Waals surface area contributed by atoms with Crippen molar-refractivity contribution in [1.82, 2.24) is 4.98 Å². The first kappa shape index (κ1) is 19.7. The van der Waals surface area contributed by atoms with Gasteiger partial charge < -0.3 is 10.2 Å². The molecule has 0 unspecified atom stereocenters. The third-order valence-corrected chi connectivity index (χ3v) is 6.42. The standard InChI is InChI=1S/C24H16BrN3O2S/c1-13-2-8-19-21(10-13)31-24(28-19)14-3-6-17(7-4-14)27-23-18(22(26)29)12-15-11-16(25)5-9-20(15)30-23/h2-12H,1H3,(H2,26,29). The number of primary amides is 1. The van der Waals surface area contributed by atoms with Crippen LogP contribution >= 0.6 is 27.3 Å². The molecule has 7 heteroatoms. The van der Waals surface area contributed by atoms with Crippen LogP contribution in [0.1, 0.15) is 15.9 Å². The van der Waals surface area contributed by atoms with E-state index in [2.05, 4.69) is 40.0 Å². The molecule has 0 radical (unpaired) electrons. The van der Waals surface area contributed by atoms with E-state index < -0.39 is 5.91 Å². The predicted molar refractivity (Wildman–Crippen MR) is 127 cm³/mol. The number of benzene rings is 3. The molecule has 0 saturated carbocycles. The van der Waals surface area contributed by atoms with Gasteiger partial charge in [-0.25, -0.2) is 9.98 Å². The maximum atomic E-state index is 12.0. The Balaban J connectivity index is 1.56. The maximum absolute atomic E-state index is 12.0. The topological polar surface area (TPSA) is 81.5 Å². The molecule has 5 aromatic rings. The summed E-state index contributed by atoms with van der Waals surface area (Å²) in [5.74, 6) is -0.592. The van der Waals surface area contributed by atoms with E-state index in [0.29, 0.717) is 11.3 Å². The number of rotatable bonds is 3. The lowest BCUT2D eigenvalue weighted by atomic mass is 10.2. The number of aromatic nitrogens is 1. The Bertz CT molecular complexity index is 1530. The van der Waals surface area contributed by atoms with Gasteiger partial charge in [0.15, 0.2) is 0 Å². The van der Waals surface area contributed by atoms with Crippen LogP contribution in [0.2, 0.25) is 0 Å². The van der Waals surface area contributed by atoms with Crippen molar-refractivity contribution in [3.63, 3.8) is 0 Å². The molecule has 152 valence electrons. The van der Waals surface area contributed by atoms with Crippen LogP contribution in [0.25, 0.3) is 31.8 Å². The zero-order valence-electron chi connectivity index (χ0n) is 16.4. The minimum Gasteiger partial charge on any atom is -0.438 e. The number of hydrogen-bond donors (Lipinski definition) is 1. The predicted octanol–water partition coefficient (Wildman–Crippen LogP) is 6.11. The summed E-state index contributed by atoms with van der Waals surface area (Å²) in [6.07, 6.45) is 0. The van der Waals surface area contributed by atoms with Crippen LogP contribution in [0, 0.1) is 6.92 Å². The molecule has 2 heterocycles. The zero-order valence-corrected chi connectivity index (χ0v) is 18.8. The molecule has 5 rings (SSSR count). The van der Waals surface area contributed by atoms with Crippen molar-refractivity contribution >= 4 is 60.0 Å². The van der Waals surface area contributed by atoms with E-state index in [1.54, 1.807) is 17.4 Å². The summed E-state index contributed by atoms with van der Waals surface area (Å²) >= 11 is 5.08. The first-order valence-corrected chi connectivity index (χ1v) is 11.1. The number of nitrogens with two attached hydrogens (primary N) is 1. The van der Waals surface area contributed by atoms with Gasteiger partial charge in [0.2, 0.25) is 5.55 Å². The van der Waals surface area contributed by atoms with Crippen molar-refractivity contribution in [2.75, 3.05) is 0 Å². The summed E-state index contributed by atoms with van der Waals surface area (Å²) in [5.41, 5.74) is 10.5. The Hall–Kier alpha value is -3.29. The van der Waals surface area contributed by atoms with Crippen molar-refractivity contribution in [2.45, 2.75) is 6.92 Å². The average Bonchev–Trinajstić information content (AvgIpc) is 3.17. The Labute approximate surface area is 190 Å². The van der Waals surface area contributed by atoms with E-state index in [-0.39, 0.29) is 11.1 Å². The SMILES string of the molecule is Cc1ccc2nc(-c3ccc(N=c4oc5ccc(Br)cc5cc4C(N)=O)cc3)sc2c1. The van der Waals surface area contributed by atoms with E-state index in [1.165, 1.54) is 5.56 Å². The van der Waals surface area contributed by atoms with Crippen LogP contribution < -0.4 is 11.3 Å². The van der Waals surface area contributed by atoms with E-state index in [1.807, 2.05) is 48.5 Å². The average molecular weight is 490 g/mol. The lowest BCUT2D eigenvalue weighted by Crippen LogP contribution is -2.21. The number of hydrogen-bond acceptors (Lipinski definition) is 5. The molecule has 0 spiro atoms. The van der Waals surface area contributed by atoms with Gasteiger partial charge in [-0.3, -0.25) is 4.79 Å². The number of halogens is 1. The number of fused-ring (bicyclic) bond motifs is 2. The molecule has 31 heavy (non-hydrogen) atoms. The summed E-state index contributed by atoms with van der Waals surface area (Å²) in [6.45, 7) is 2.08. The summed E-state index contributed by atoms with van der Waals surface area (Å²) < 4.78 is 7.93. The Kier molecular flexibility index (Phi) is 4.92. The van der Waals surface area contributed by atoms with E-state index in [0.717, 1.165) is 30.6 Å². The molecule has 0 fully saturated rings. The van der Waals surface area contributed by atoms with Crippen LogP contribution in [-0.2, 0) is 0 Å². The lowest BCUT2D eigenvalue weighted by molar-refractivity contribution is 0.0996. The first-order chi connectivity index (χ1) is 15.0. The number of carbonyl (C=O) groups is 1. The molecule has 0 aliphatic heterocycles. The highest BCUT2D eigenvalue weighted by atomic mass is 79.9. The quantitative estimate of drug-likeness (QED) is 0.331. The molecule has 5 nitrogen and oxygen atoms in total. The van der Waals surface area contributed by atoms with Gasteiger partial charge >= 0.3 is 0 Å². The Morgan fingerprint density at radius 1 is 1.06 bits per heavy atom. The summed E-state index contributed by atoms with van der Waals surface area (Å²) in [6, 6.07) is 21.2. The largest absolute Gasteiger partial charge is 0.438 e. The van der Waals surface area contributed by atoms with Crippen molar-refractivity contribution < 1.29 is 9.21 Å². The minimum atomic E-state index is -0.592. The van der Waals surface area contributed by atoms with Gasteiger partial charge in [0, 0.05) is 15.4 Å². The first-order valence-electron chi connectivity index (χ1n) is 9.52. The second-order valence-corrected chi connectivity index (χ2v) is 9.11. The Morgan fingerprint density at radius 3 is 2.65 bits per heavy atom. The molecule has 3 aromatic carbocycles. The fourth-order valence-corrected chi connectivity index (χ4v) is 4.76. The van der Waals surface area contributed by atoms with E-state index >= 15 is 0 Å². The highest BCUT2D eigenvalue weighted by Gasteiger charge is 2.10. The highest BCUT2D eigenvalue weighted by molar-refractivity contribution is 9.10. The van der Waals surface area contributed by atoms with Gasteiger partial charge in [-0.2, -0.15) is 0 Å². The molecule has 0 saturated heterocycles. The fraction of sp³-hybridized carbons (Fsp3) is 0.0417. The van der Waals surface area contributed by atoms with Crippen molar-refractivity contribution in [3.8, 4) is 10.6 Å². The summed E-state index contributed by atoms with van der Waals surface area (Å²) in [7, 11) is 0. The molecule has 0 aliphatic carbocycles. The van der Waals surface area contributed by atoms with Gasteiger partial charge in [-0.15, -0.1) is 11.3 Å². The number of thiazole rings is 1. The third kappa shape index (κ3) is 3.89. The molecule has 0 aliphatic rings. The van der Waals surface area contributed by atoms with Gasteiger partial charge in [0.05, 0.1) is 15.9 Å². The van der Waals surface area contributed by atoms with Gasteiger partial charge in [-0.1, -0.05) is 22.0 Å². The fourth-order valence-electron chi connectivity index (χ4n) is 3.31. The van der Waals surface area contributed by atoms with Crippen LogP contribution in [0.3, 0.4) is 0 Å². The van der Waals surface area contributed by atoms with E-state index in [4.69, 9.17) is 15.1 Å². The van der Waals surface area contributed by atoms with E-state index in [9.17, 15) is 4.79 Å². The third-order valence-electron chi connectivity index (χ3n) is 4.86. The second-order valence-electron chi connectivity index (χ2n) is 7.16. The van der Waals surface area contributed by atoms with Crippen molar-refractivity contribution in [1.29, 1.82) is 0 Å². The molecule has 2 aromatic heterocycles. The second kappa shape index (κ2) is 7.76. The van der Waals surface area contributed by atoms with Crippen LogP contribution in [0.4, 0.5) is 5.69 Å². The van der Waals surface area contributed by atoms with Crippen molar-refractivity contribution in [2.24, 2.45) is 10.7 Å². The monoisotopic (exact) mass is 489 g/mol. The number of aryl methyl sites for hydroxylation is 1. The van der Waals surface area contributed by atoms with Crippen LogP contribution in [-0.4, -0.2) is 10.9 Å². The minimum absolute atomic E-state index is 0.186. The molecule has 2 N–H and O–H groups in total. The van der Waals surface area contributed by atoms with Crippen LogP contribution in [0.5, 0.6) is 0 Å². The molecular weight excluding hydrogens is 474 g/mol. The molecule has 1 amide bonds. The smallest absolute Gasteiger partial charge is 0.254 e. The lowest BCUT2D eigenvalue weighted by Gasteiger charge is -2.03. The summed E-state index contributed by atoms with van der Waals surface area (Å²) in [4.78, 5) is 21.2. The molecule has 0 atom stereocenters. The maximum Gasteiger partial charge on any atom is 0.254 e. The molecular formula is C24H16BrN3O2S. The molecule has 0 bridgehead atoms. The van der Waals surface area contributed by atoms with Crippen molar-refractivity contribution in [3.05, 3.63) is 87.9 Å². The normalized spacial score (nSPS) is 12.0. The Morgan fingerprint density at radius 2 is 1.87 bits per heavy atom. The number of carbonyl (C=O) groups excluding carboxylic acids is 1. The number of amides is 1. The highest BCUT2D eigenvalue weighted by Crippen LogP contribution is 2.31. The number of nitrogens with zero attached hydrogens (tertiary/aromatic N) is 2. The van der Waals surface area contributed by atoms with Gasteiger partial charge in [0.1, 0.15) is 16.2 Å². The zero-order chi connectivity index (χ0) is 21.5. The van der Waals surface area contributed by atoms with Gasteiger partial charge in [0.25, 0.3) is 5.91 Å². The van der Waals surface area contributed by atoms with Crippen LogP contribution in [0.15, 0.2) is 80.6 Å². The van der Waals surface area contributed by atoms with Gasteiger partial charge in [-0.05, 0) is 73.2 Å². The summed E-state index contributed by atoms with van der Waals surface area (Å²) in [5, 5.41) is 1.72.